The van der Waals surface area contributed by atoms with E-state index in [1.54, 1.807) is 33.7 Å². The molecule has 2 aromatic heterocycles. The van der Waals surface area contributed by atoms with E-state index >= 15 is 0 Å². The Kier molecular flexibility index (Phi) is 5.58. The molecular formula is C22H20N2O5S. The zero-order valence-corrected chi connectivity index (χ0v) is 17.5. The summed E-state index contributed by atoms with van der Waals surface area (Å²) in [5, 5.41) is 6.11. The zero-order valence-electron chi connectivity index (χ0n) is 16.7. The van der Waals surface area contributed by atoms with Gasteiger partial charge in [-0.3, -0.25) is 4.79 Å². The minimum atomic E-state index is -0.174. The summed E-state index contributed by atoms with van der Waals surface area (Å²) in [5.74, 6) is 1.91. The average molecular weight is 424 g/mol. The van der Waals surface area contributed by atoms with E-state index in [-0.39, 0.29) is 12.3 Å². The van der Waals surface area contributed by atoms with Crippen molar-refractivity contribution in [3.8, 4) is 28.5 Å². The van der Waals surface area contributed by atoms with E-state index in [9.17, 15) is 4.79 Å². The number of hydrogen-bond donors (Lipinski definition) is 1. The molecule has 7 nitrogen and oxygen atoms in total. The Hall–Kier alpha value is -3.52. The van der Waals surface area contributed by atoms with Gasteiger partial charge in [-0.25, -0.2) is 4.98 Å². The molecule has 2 heterocycles. The molecule has 0 unspecified atom stereocenters. The standard InChI is InChI=1S/C22H20N2O5S/c1-26-14-5-7-19(28-3)17(9-14)18-12-30-22(23-18)24-21(25)8-13-11-29-20-10-15(27-2)4-6-16(13)20/h4-7,9-12H,8H2,1-3H3,(H,23,24,25). The lowest BCUT2D eigenvalue weighted by Crippen LogP contribution is -2.14. The van der Waals surface area contributed by atoms with Crippen LogP contribution in [-0.2, 0) is 11.2 Å². The summed E-state index contributed by atoms with van der Waals surface area (Å²) in [4.78, 5) is 17.1. The molecule has 1 N–H and O–H groups in total. The van der Waals surface area contributed by atoms with Crippen molar-refractivity contribution in [2.24, 2.45) is 0 Å². The number of thiazole rings is 1. The lowest BCUT2D eigenvalue weighted by molar-refractivity contribution is -0.115. The minimum Gasteiger partial charge on any atom is -0.497 e. The fourth-order valence-corrected chi connectivity index (χ4v) is 3.86. The number of aromatic nitrogens is 1. The monoisotopic (exact) mass is 424 g/mol. The van der Waals surface area contributed by atoms with Crippen molar-refractivity contribution >= 4 is 33.3 Å². The third-order valence-electron chi connectivity index (χ3n) is 4.65. The number of nitrogens with one attached hydrogen (secondary N) is 1. The molecule has 0 bridgehead atoms. The molecule has 4 rings (SSSR count). The second-order valence-electron chi connectivity index (χ2n) is 6.45. The van der Waals surface area contributed by atoms with Crippen LogP contribution in [0.4, 0.5) is 5.13 Å². The lowest BCUT2D eigenvalue weighted by atomic mass is 10.1. The number of hydrogen-bond acceptors (Lipinski definition) is 7. The van der Waals surface area contributed by atoms with E-state index in [1.165, 1.54) is 11.3 Å². The number of methoxy groups -OCH3 is 3. The Morgan fingerprint density at radius 2 is 1.83 bits per heavy atom. The number of furan rings is 1. The van der Waals surface area contributed by atoms with Gasteiger partial charge in [0.2, 0.25) is 5.91 Å². The van der Waals surface area contributed by atoms with E-state index < -0.39 is 0 Å². The van der Waals surface area contributed by atoms with Gasteiger partial charge in [-0.05, 0) is 30.3 Å². The fraction of sp³-hybridized carbons (Fsp3) is 0.182. The van der Waals surface area contributed by atoms with Crippen molar-refractivity contribution in [3.05, 3.63) is 53.6 Å². The number of nitrogens with zero attached hydrogens (tertiary/aromatic N) is 1. The van der Waals surface area contributed by atoms with Crippen LogP contribution in [0.3, 0.4) is 0 Å². The van der Waals surface area contributed by atoms with Gasteiger partial charge in [0.15, 0.2) is 5.13 Å². The Balaban J connectivity index is 1.50. The molecule has 0 aliphatic heterocycles. The molecule has 0 spiro atoms. The highest BCUT2D eigenvalue weighted by molar-refractivity contribution is 7.14. The van der Waals surface area contributed by atoms with Gasteiger partial charge in [0.05, 0.1) is 39.7 Å². The second-order valence-corrected chi connectivity index (χ2v) is 7.31. The lowest BCUT2D eigenvalue weighted by Gasteiger charge is -2.08. The molecule has 0 aliphatic carbocycles. The fourth-order valence-electron chi connectivity index (χ4n) is 3.13. The quantitative estimate of drug-likeness (QED) is 0.460. The van der Waals surface area contributed by atoms with Gasteiger partial charge >= 0.3 is 0 Å². The Labute approximate surface area is 177 Å². The highest BCUT2D eigenvalue weighted by Crippen LogP contribution is 2.35. The Morgan fingerprint density at radius 3 is 2.60 bits per heavy atom. The maximum absolute atomic E-state index is 12.6. The normalized spacial score (nSPS) is 10.8. The van der Waals surface area contributed by atoms with E-state index in [4.69, 9.17) is 18.6 Å². The summed E-state index contributed by atoms with van der Waals surface area (Å²) >= 11 is 1.35. The predicted molar refractivity (Wildman–Crippen MR) is 116 cm³/mol. The van der Waals surface area contributed by atoms with Gasteiger partial charge in [0, 0.05) is 28.0 Å². The highest BCUT2D eigenvalue weighted by Gasteiger charge is 2.15. The first-order chi connectivity index (χ1) is 14.6. The number of benzene rings is 2. The van der Waals surface area contributed by atoms with Crippen molar-refractivity contribution in [1.29, 1.82) is 0 Å². The Morgan fingerprint density at radius 1 is 1.07 bits per heavy atom. The van der Waals surface area contributed by atoms with E-state index in [0.717, 1.165) is 16.5 Å². The minimum absolute atomic E-state index is 0.174. The van der Waals surface area contributed by atoms with E-state index in [0.29, 0.717) is 33.7 Å². The summed E-state index contributed by atoms with van der Waals surface area (Å²) in [5.41, 5.74) is 2.98. The summed E-state index contributed by atoms with van der Waals surface area (Å²) < 4.78 is 21.5. The molecule has 4 aromatic rings. The molecule has 2 aromatic carbocycles. The van der Waals surface area contributed by atoms with Crippen LogP contribution in [0.25, 0.3) is 22.2 Å². The number of anilines is 1. The summed E-state index contributed by atoms with van der Waals surface area (Å²) in [6, 6.07) is 11.0. The van der Waals surface area contributed by atoms with Crippen LogP contribution < -0.4 is 19.5 Å². The van der Waals surface area contributed by atoms with Gasteiger partial charge in [0.1, 0.15) is 22.8 Å². The number of rotatable bonds is 7. The third-order valence-corrected chi connectivity index (χ3v) is 5.40. The largest absolute Gasteiger partial charge is 0.497 e. The molecule has 0 radical (unpaired) electrons. The molecule has 0 saturated heterocycles. The summed E-state index contributed by atoms with van der Waals surface area (Å²) in [6.45, 7) is 0. The van der Waals surface area contributed by atoms with Crippen molar-refractivity contribution in [1.82, 2.24) is 4.98 Å². The number of amides is 1. The average Bonchev–Trinajstić information content (AvgIpc) is 3.39. The topological polar surface area (TPSA) is 82.8 Å². The number of carbonyl (C=O) groups excluding carboxylic acids is 1. The van der Waals surface area contributed by atoms with Crippen LogP contribution in [0.2, 0.25) is 0 Å². The van der Waals surface area contributed by atoms with Crippen molar-refractivity contribution in [2.45, 2.75) is 6.42 Å². The van der Waals surface area contributed by atoms with Crippen LogP contribution in [0, 0.1) is 0 Å². The Bertz CT molecular complexity index is 1200. The predicted octanol–water partition coefficient (Wildman–Crippen LogP) is 4.76. The SMILES string of the molecule is COc1ccc(OC)c(-c2csc(NC(=O)Cc3coc4cc(OC)ccc34)n2)c1. The van der Waals surface area contributed by atoms with Crippen molar-refractivity contribution < 1.29 is 23.4 Å². The molecular weight excluding hydrogens is 404 g/mol. The maximum Gasteiger partial charge on any atom is 0.230 e. The van der Waals surface area contributed by atoms with E-state index in [2.05, 4.69) is 10.3 Å². The number of carbonyl (C=O) groups is 1. The molecule has 0 aliphatic rings. The van der Waals surface area contributed by atoms with Gasteiger partial charge in [-0.15, -0.1) is 11.3 Å². The van der Waals surface area contributed by atoms with Gasteiger partial charge in [-0.2, -0.15) is 0 Å². The highest BCUT2D eigenvalue weighted by atomic mass is 32.1. The van der Waals surface area contributed by atoms with Crippen molar-refractivity contribution in [3.63, 3.8) is 0 Å². The van der Waals surface area contributed by atoms with Crippen LogP contribution in [0.15, 0.2) is 52.5 Å². The van der Waals surface area contributed by atoms with Crippen LogP contribution in [0.1, 0.15) is 5.56 Å². The van der Waals surface area contributed by atoms with Crippen LogP contribution in [-0.4, -0.2) is 32.2 Å². The first-order valence-corrected chi connectivity index (χ1v) is 10.0. The number of ether oxygens (including phenoxy) is 3. The summed E-state index contributed by atoms with van der Waals surface area (Å²) in [6.07, 6.45) is 1.77. The van der Waals surface area contributed by atoms with Gasteiger partial charge in [0.25, 0.3) is 0 Å². The summed E-state index contributed by atoms with van der Waals surface area (Å²) in [7, 11) is 4.81. The first kappa shape index (κ1) is 19.8. The molecule has 30 heavy (non-hydrogen) atoms. The van der Waals surface area contributed by atoms with Crippen LogP contribution in [0.5, 0.6) is 17.2 Å². The maximum atomic E-state index is 12.6. The molecule has 154 valence electrons. The zero-order chi connectivity index (χ0) is 21.1. The molecule has 0 atom stereocenters. The van der Waals surface area contributed by atoms with Crippen molar-refractivity contribution in [2.75, 3.05) is 26.6 Å². The second kappa shape index (κ2) is 8.46. The van der Waals surface area contributed by atoms with Gasteiger partial charge in [-0.1, -0.05) is 0 Å². The number of fused-ring (bicyclic) bond motifs is 1. The van der Waals surface area contributed by atoms with E-state index in [1.807, 2.05) is 35.7 Å². The third kappa shape index (κ3) is 3.95. The molecule has 1 amide bonds. The smallest absolute Gasteiger partial charge is 0.230 e. The van der Waals surface area contributed by atoms with Gasteiger partial charge < -0.3 is 23.9 Å². The molecule has 8 heteroatoms. The first-order valence-electron chi connectivity index (χ1n) is 9.13. The molecule has 0 fully saturated rings. The van der Waals surface area contributed by atoms with Crippen LogP contribution >= 0.6 is 11.3 Å². The molecule has 0 saturated carbocycles.